The molecule has 5 aliphatic heterocycles. The lowest BCUT2D eigenvalue weighted by molar-refractivity contribution is -0.152. The zero-order chi connectivity index (χ0) is 103. The second-order valence-electron chi connectivity index (χ2n) is 34.7. The van der Waals surface area contributed by atoms with Crippen LogP contribution in [0.25, 0.3) is 0 Å². The summed E-state index contributed by atoms with van der Waals surface area (Å²) in [6, 6.07) is -7.92. The highest BCUT2D eigenvalue weighted by atomic mass is 32.2. The van der Waals surface area contributed by atoms with Crippen molar-refractivity contribution in [3.8, 4) is 0 Å². The lowest BCUT2D eigenvalue weighted by Gasteiger charge is -2.32. The van der Waals surface area contributed by atoms with Crippen molar-refractivity contribution in [2.45, 2.75) is 237 Å². The van der Waals surface area contributed by atoms with E-state index in [0.717, 1.165) is 0 Å². The summed E-state index contributed by atoms with van der Waals surface area (Å²) >= 11 is 1.87. The summed E-state index contributed by atoms with van der Waals surface area (Å²) < 4.78 is 0. The van der Waals surface area contributed by atoms with Crippen molar-refractivity contribution in [3.63, 3.8) is 0 Å². The van der Waals surface area contributed by atoms with Crippen molar-refractivity contribution in [3.05, 3.63) is 108 Å². The normalized spacial score (nSPS) is 28.3. The molecule has 48 nitrogen and oxygen atoms in total. The van der Waals surface area contributed by atoms with Crippen LogP contribution in [0, 0.1) is 5.92 Å². The smallest absolute Gasteiger partial charge is 0.335 e. The highest BCUT2D eigenvalue weighted by Gasteiger charge is 2.45. The third-order valence-corrected chi connectivity index (χ3v) is 27.3. The second kappa shape index (κ2) is 55.6. The number of benzene rings is 3. The van der Waals surface area contributed by atoms with Gasteiger partial charge in [0.2, 0.25) is 118 Å². The lowest BCUT2D eigenvalue weighted by Crippen LogP contribution is -2.64. The Morgan fingerprint density at radius 1 is 0.436 bits per heavy atom. The van der Waals surface area contributed by atoms with Gasteiger partial charge in [0, 0.05) is 72.3 Å². The number of amides is 20. The number of carboxylic acids is 2. The molecular weight excluding hydrogens is 1890 g/mol. The van der Waals surface area contributed by atoms with Crippen LogP contribution in [0.15, 0.2) is 91.0 Å². The molecule has 5 heterocycles. The molecule has 5 aliphatic rings. The SMILES string of the molecule is CC(C)C1NC(=O)C(Cc2ccccc2)NC(=O)C2NC(=O)C(Cc3ccccc3)NC(=O)C3CCCN3C(=O)CNC(=O)C(Cc3ccccc3)NC(=O)C3CNCCCCC(C(=O)O)NC(=O)C4NC(=O)C(CC(N)=O)NC(=O)CNC(=O)C(C(O)C(=O)O)NC(=O)C(CSCC(NC(=O)C(CCC(N)=O)NC(=O)C(CCCCN)NC(=O)C(N)CSC4C)C(=O)NC(CSC2C)C(=O)N3)NC1=O. The summed E-state index contributed by atoms with van der Waals surface area (Å²) in [6.45, 7) is 2.70. The Kier molecular flexibility index (Phi) is 44.6. The van der Waals surface area contributed by atoms with Gasteiger partial charge >= 0.3 is 11.9 Å². The third kappa shape index (κ3) is 35.0. The average molecular weight is 2010 g/mol. The summed E-state index contributed by atoms with van der Waals surface area (Å²) in [5.74, 6) is -32.2. The Morgan fingerprint density at radius 2 is 0.893 bits per heavy atom. The van der Waals surface area contributed by atoms with Gasteiger partial charge in [0.25, 0.3) is 0 Å². The fraction of sp³-hybridized carbons (Fsp3) is 0.551. The number of aliphatic hydroxyl groups is 1. The second-order valence-corrected chi connectivity index (χ2v) is 38.6. The molecule has 0 saturated carbocycles. The van der Waals surface area contributed by atoms with Crippen molar-refractivity contribution in [2.75, 3.05) is 62.3 Å². The number of hydrogen-bond donors (Lipinski definition) is 25. The maximum Gasteiger partial charge on any atom is 0.335 e. The molecule has 20 amide bonds. The van der Waals surface area contributed by atoms with E-state index in [2.05, 4.69) is 85.1 Å². The van der Waals surface area contributed by atoms with Gasteiger partial charge in [-0.15, -0.1) is 0 Å². The van der Waals surface area contributed by atoms with E-state index in [0.29, 0.717) is 52.0 Å². The number of aliphatic hydroxyl groups excluding tert-OH is 1. The Labute approximate surface area is 818 Å². The molecule has 0 aliphatic carbocycles. The number of carbonyl (C=O) groups excluding carboxylic acids is 20. The third-order valence-electron chi connectivity index (χ3n) is 23.5. The molecule has 0 aromatic heterocycles. The first-order valence-electron chi connectivity index (χ1n) is 45.8. The average Bonchev–Trinajstić information content (AvgIpc) is 1.83. The number of carbonyl (C=O) groups is 22. The minimum Gasteiger partial charge on any atom is -0.480 e. The van der Waals surface area contributed by atoms with Crippen molar-refractivity contribution < 1.29 is 121 Å². The van der Waals surface area contributed by atoms with Gasteiger partial charge in [0.05, 0.1) is 25.6 Å². The van der Waals surface area contributed by atoms with Crippen LogP contribution in [0.4, 0.5) is 0 Å². The van der Waals surface area contributed by atoms with Crippen LogP contribution >= 0.6 is 35.3 Å². The van der Waals surface area contributed by atoms with Crippen LogP contribution in [-0.4, -0.2) is 332 Å². The Bertz CT molecular complexity index is 4940. The number of aliphatic carboxylic acids is 2. The van der Waals surface area contributed by atoms with Gasteiger partial charge < -0.3 is 139 Å². The number of nitrogens with zero attached hydrogens (tertiary/aromatic N) is 1. The van der Waals surface area contributed by atoms with Crippen LogP contribution in [0.2, 0.25) is 0 Å². The molecular formula is C89H125N23O25S3. The van der Waals surface area contributed by atoms with E-state index in [1.54, 1.807) is 91.0 Å². The van der Waals surface area contributed by atoms with E-state index >= 15 is 52.7 Å². The molecule has 3 aromatic carbocycles. The van der Waals surface area contributed by atoms with Crippen molar-refractivity contribution >= 4 is 165 Å². The standard InChI is InChI=1S/C89H125N23O25S3/c1-44(2)67-85(131)107-60-42-138-41-59-80(126)106-61-43-140-46(4)69(87(133)103-56(76(122)108-67)35-49-23-12-7-13-24-49)109-77(123)55(34-48-21-10-6-11-22-48)102-83(129)62-27-18-32-112(62)66(116)39-96-73(119)54(33-47-19-8-5-9-20-47)101-79(125)58(104-81(61)127)37-94-31-17-15-26-53(88(134)135)100-86(132)68(110-78(124)57(36-64(93)114)97-65(115)38-95-84(130)70(111-82(60)128)71(117)89(136)137)45(3)139-40-50(91)72(118)98-51(25-14-16-30-90)74(120)99-52(75(121)105-59)28-29-63(92)113/h5-13,19-24,44-46,50-62,67-71,94,117H,14-18,25-43,90-91H2,1-4H3,(H2,92,113)(H2,93,114)(H,95,130)(H,96,119)(H,97,115)(H,98,118)(H,99,120)(H,100,132)(H,101,125)(H,102,129)(H,103,133)(H,104,127)(H,105,121)(H,106,126)(H,107,131)(H,108,122)(H,109,123)(H,110,124)(H,111,128)(H,134,135)(H,136,137). The monoisotopic (exact) mass is 2010 g/mol. The number of hydrogen-bond acceptors (Lipinski definition) is 29. The van der Waals surface area contributed by atoms with E-state index in [-0.39, 0.29) is 77.4 Å². The summed E-state index contributed by atoms with van der Waals surface area (Å²) in [6.07, 6.45) is -6.66. The van der Waals surface area contributed by atoms with E-state index in [4.69, 9.17) is 22.9 Å². The van der Waals surface area contributed by atoms with E-state index in [1.807, 2.05) is 10.6 Å². The lowest BCUT2D eigenvalue weighted by atomic mass is 10.00. The molecule has 140 heavy (non-hydrogen) atoms. The predicted molar refractivity (Wildman–Crippen MR) is 507 cm³/mol. The highest BCUT2D eigenvalue weighted by molar-refractivity contribution is 8.00. The molecule has 3 aromatic rings. The molecule has 20 unspecified atom stereocenters. The molecule has 0 radical (unpaired) electrons. The molecule has 5 saturated heterocycles. The molecule has 29 N–H and O–H groups in total. The van der Waals surface area contributed by atoms with Crippen molar-refractivity contribution in [2.24, 2.45) is 28.9 Å². The largest absolute Gasteiger partial charge is 0.480 e. The minimum absolute atomic E-state index is 0.0215. The van der Waals surface area contributed by atoms with Crippen LogP contribution in [0.1, 0.15) is 115 Å². The predicted octanol–water partition coefficient (Wildman–Crippen LogP) is -9.22. The Morgan fingerprint density at radius 3 is 1.45 bits per heavy atom. The number of fused-ring (bicyclic) bond motifs is 22. The van der Waals surface area contributed by atoms with Gasteiger partial charge in [-0.05, 0) is 93.5 Å². The first-order valence-corrected chi connectivity index (χ1v) is 49.0. The van der Waals surface area contributed by atoms with Crippen LogP contribution in [0.5, 0.6) is 0 Å². The number of carboxylic acid groups (broad SMARTS) is 2. The molecule has 6 bridgehead atoms. The number of nitrogens with one attached hydrogen (secondary N) is 18. The highest BCUT2D eigenvalue weighted by Crippen LogP contribution is 2.24. The molecule has 20 atom stereocenters. The molecule has 51 heteroatoms. The first kappa shape index (κ1) is 112. The maximum absolute atomic E-state index is 16.1. The topological polar surface area (TPSA) is 760 Å². The van der Waals surface area contributed by atoms with E-state index < -0.39 is 330 Å². The van der Waals surface area contributed by atoms with E-state index in [9.17, 15) is 68.1 Å². The van der Waals surface area contributed by atoms with Gasteiger partial charge in [0.1, 0.15) is 96.7 Å². The van der Waals surface area contributed by atoms with Crippen molar-refractivity contribution in [1.29, 1.82) is 0 Å². The van der Waals surface area contributed by atoms with Crippen molar-refractivity contribution in [1.82, 2.24) is 101 Å². The summed E-state index contributed by atoms with van der Waals surface area (Å²) in [5, 5.41) is 75.0. The summed E-state index contributed by atoms with van der Waals surface area (Å²) in [5.41, 5.74) is 25.0. The minimum atomic E-state index is -2.98. The van der Waals surface area contributed by atoms with Gasteiger partial charge in [-0.25, -0.2) is 9.59 Å². The summed E-state index contributed by atoms with van der Waals surface area (Å²) in [4.78, 5) is 326. The molecule has 8 rings (SSSR count). The zero-order valence-corrected chi connectivity index (χ0v) is 80.0. The zero-order valence-electron chi connectivity index (χ0n) is 77.6. The number of unbranched alkanes of at least 4 members (excludes halogenated alkanes) is 1. The number of rotatable bonds is 19. The van der Waals surface area contributed by atoms with Gasteiger partial charge in [-0.1, -0.05) is 119 Å². The van der Waals surface area contributed by atoms with Crippen LogP contribution < -0.4 is 119 Å². The van der Waals surface area contributed by atoms with Crippen LogP contribution in [-0.2, 0) is 125 Å². The van der Waals surface area contributed by atoms with Gasteiger partial charge in [-0.3, -0.25) is 95.9 Å². The van der Waals surface area contributed by atoms with Crippen LogP contribution in [0.3, 0.4) is 0 Å². The first-order chi connectivity index (χ1) is 66.6. The fourth-order valence-corrected chi connectivity index (χ4v) is 18.8. The molecule has 764 valence electrons. The summed E-state index contributed by atoms with van der Waals surface area (Å²) in [7, 11) is 0. The fourth-order valence-electron chi connectivity index (χ4n) is 15.6. The Hall–Kier alpha value is -13.1. The Balaban J connectivity index is 1.42. The quantitative estimate of drug-likeness (QED) is 0.0391. The van der Waals surface area contributed by atoms with Gasteiger partial charge in [0.15, 0.2) is 6.10 Å². The number of nitrogens with two attached hydrogens (primary N) is 4. The van der Waals surface area contributed by atoms with Gasteiger partial charge in [-0.2, -0.15) is 35.3 Å². The number of primary amides is 2. The van der Waals surface area contributed by atoms with E-state index in [1.165, 1.54) is 32.6 Å². The maximum atomic E-state index is 16.1. The molecule has 0 spiro atoms. The number of thioether (sulfide) groups is 3. The molecule has 5 fully saturated rings.